The quantitative estimate of drug-likeness (QED) is 0.777. The van der Waals surface area contributed by atoms with Crippen LogP contribution in [0.3, 0.4) is 0 Å². The van der Waals surface area contributed by atoms with E-state index in [2.05, 4.69) is 32.0 Å². The lowest BCUT2D eigenvalue weighted by molar-refractivity contribution is 0.586. The zero-order valence-corrected chi connectivity index (χ0v) is 12.3. The maximum atomic E-state index is 10.8. The minimum absolute atomic E-state index is 0.406. The number of anilines is 1. The maximum absolute atomic E-state index is 10.8. The van der Waals surface area contributed by atoms with Crippen molar-refractivity contribution in [2.45, 2.75) is 6.42 Å². The number of nitriles is 1. The molecule has 0 bridgehead atoms. The molecular formula is C11H14BrN3O2S. The van der Waals surface area contributed by atoms with E-state index in [0.717, 1.165) is 16.4 Å². The second-order valence-electron chi connectivity index (χ2n) is 3.75. The molecule has 0 radical (unpaired) electrons. The number of hydrogen-bond donors (Lipinski definition) is 2. The first-order valence-corrected chi connectivity index (χ1v) is 7.99. The van der Waals surface area contributed by atoms with Crippen LogP contribution in [0.25, 0.3) is 0 Å². The Morgan fingerprint density at radius 1 is 1.39 bits per heavy atom. The van der Waals surface area contributed by atoms with E-state index in [1.165, 1.54) is 0 Å². The molecule has 0 saturated heterocycles. The Labute approximate surface area is 115 Å². The first-order chi connectivity index (χ1) is 8.42. The fourth-order valence-electron chi connectivity index (χ4n) is 1.29. The highest BCUT2D eigenvalue weighted by molar-refractivity contribution is 9.10. The van der Waals surface area contributed by atoms with Gasteiger partial charge in [0.1, 0.15) is 6.07 Å². The average Bonchev–Trinajstić information content (AvgIpc) is 2.27. The second-order valence-corrected chi connectivity index (χ2v) is 6.44. The zero-order chi connectivity index (χ0) is 13.6. The molecule has 2 N–H and O–H groups in total. The highest BCUT2D eigenvalue weighted by Crippen LogP contribution is 2.20. The monoisotopic (exact) mass is 331 g/mol. The molecule has 1 aromatic carbocycles. The van der Waals surface area contributed by atoms with E-state index >= 15 is 0 Å². The molecule has 0 heterocycles. The number of benzene rings is 1. The fourth-order valence-corrected chi connectivity index (χ4v) is 2.28. The minimum atomic E-state index is -3.11. The molecule has 0 aromatic heterocycles. The first kappa shape index (κ1) is 15.0. The molecule has 1 rings (SSSR count). The number of rotatable bonds is 6. The summed E-state index contributed by atoms with van der Waals surface area (Å²) in [7, 11) is -3.11. The topological polar surface area (TPSA) is 82.0 Å². The van der Waals surface area contributed by atoms with Crippen molar-refractivity contribution >= 4 is 31.6 Å². The molecule has 98 valence electrons. The van der Waals surface area contributed by atoms with Crippen LogP contribution in [0.2, 0.25) is 0 Å². The van der Waals surface area contributed by atoms with Crippen LogP contribution >= 0.6 is 15.9 Å². The lowest BCUT2D eigenvalue weighted by atomic mass is 10.2. The molecule has 0 amide bonds. The van der Waals surface area contributed by atoms with Gasteiger partial charge in [-0.05, 0) is 40.5 Å². The summed E-state index contributed by atoms with van der Waals surface area (Å²) < 4.78 is 24.8. The van der Waals surface area contributed by atoms with Gasteiger partial charge in [0.2, 0.25) is 10.0 Å². The Hall–Kier alpha value is -1.10. The third-order valence-corrected chi connectivity index (χ3v) is 3.52. The van der Waals surface area contributed by atoms with Gasteiger partial charge in [-0.25, -0.2) is 13.1 Å². The van der Waals surface area contributed by atoms with E-state index in [1.807, 2.05) is 12.1 Å². The van der Waals surface area contributed by atoms with Crippen LogP contribution in [-0.4, -0.2) is 27.8 Å². The van der Waals surface area contributed by atoms with Gasteiger partial charge in [-0.2, -0.15) is 5.26 Å². The molecule has 0 spiro atoms. The van der Waals surface area contributed by atoms with Gasteiger partial charge < -0.3 is 5.32 Å². The van der Waals surface area contributed by atoms with Crippen molar-refractivity contribution in [2.24, 2.45) is 0 Å². The van der Waals surface area contributed by atoms with Crippen LogP contribution < -0.4 is 10.0 Å². The summed E-state index contributed by atoms with van der Waals surface area (Å²) in [5, 5.41) is 11.9. The minimum Gasteiger partial charge on any atom is -0.385 e. The summed E-state index contributed by atoms with van der Waals surface area (Å²) in [4.78, 5) is 0. The van der Waals surface area contributed by atoms with Crippen LogP contribution in [0.4, 0.5) is 5.69 Å². The van der Waals surface area contributed by atoms with Crippen molar-refractivity contribution in [3.63, 3.8) is 0 Å². The molecule has 0 aliphatic heterocycles. The van der Waals surface area contributed by atoms with Gasteiger partial charge in [-0.15, -0.1) is 0 Å². The number of hydrogen-bond acceptors (Lipinski definition) is 4. The van der Waals surface area contributed by atoms with Gasteiger partial charge in [-0.3, -0.25) is 0 Å². The molecule has 0 fully saturated rings. The number of sulfonamides is 1. The predicted octanol–water partition coefficient (Wildman–Crippen LogP) is 1.67. The van der Waals surface area contributed by atoms with Crippen molar-refractivity contribution in [1.29, 1.82) is 5.26 Å². The van der Waals surface area contributed by atoms with Crippen LogP contribution in [-0.2, 0) is 10.0 Å². The summed E-state index contributed by atoms with van der Waals surface area (Å²) in [6, 6.07) is 7.42. The van der Waals surface area contributed by atoms with Gasteiger partial charge in [0, 0.05) is 23.2 Å². The largest absolute Gasteiger partial charge is 0.385 e. The van der Waals surface area contributed by atoms with Gasteiger partial charge in [0.25, 0.3) is 0 Å². The molecular weight excluding hydrogens is 318 g/mol. The van der Waals surface area contributed by atoms with E-state index in [9.17, 15) is 8.42 Å². The number of halogens is 1. The Balaban J connectivity index is 2.37. The average molecular weight is 332 g/mol. The number of nitrogens with one attached hydrogen (secondary N) is 2. The summed E-state index contributed by atoms with van der Waals surface area (Å²) in [5.74, 6) is 0. The predicted molar refractivity (Wildman–Crippen MR) is 74.8 cm³/mol. The molecule has 0 aliphatic rings. The van der Waals surface area contributed by atoms with E-state index in [4.69, 9.17) is 5.26 Å². The molecule has 7 heteroatoms. The molecule has 18 heavy (non-hydrogen) atoms. The van der Waals surface area contributed by atoms with Crippen LogP contribution in [0.1, 0.15) is 12.0 Å². The lowest BCUT2D eigenvalue weighted by Crippen LogP contribution is -2.24. The molecule has 1 aromatic rings. The summed E-state index contributed by atoms with van der Waals surface area (Å²) in [6.07, 6.45) is 1.82. The van der Waals surface area contributed by atoms with E-state index in [1.54, 1.807) is 6.07 Å². The van der Waals surface area contributed by atoms with E-state index < -0.39 is 10.0 Å². The van der Waals surface area contributed by atoms with Gasteiger partial charge >= 0.3 is 0 Å². The summed E-state index contributed by atoms with van der Waals surface area (Å²) >= 11 is 3.30. The van der Waals surface area contributed by atoms with Crippen molar-refractivity contribution < 1.29 is 8.42 Å². The van der Waals surface area contributed by atoms with E-state index in [0.29, 0.717) is 25.1 Å². The standard InChI is InChI=1S/C11H14BrN3O2S/c1-18(16,17)15-6-2-5-14-10-4-3-9(8-13)11(12)7-10/h3-4,7,14-15H,2,5-6H2,1H3. The van der Waals surface area contributed by atoms with Crippen LogP contribution in [0.15, 0.2) is 22.7 Å². The normalized spacial score (nSPS) is 10.9. The fraction of sp³-hybridized carbons (Fsp3) is 0.364. The smallest absolute Gasteiger partial charge is 0.208 e. The van der Waals surface area contributed by atoms with Gasteiger partial charge in [-0.1, -0.05) is 0 Å². The lowest BCUT2D eigenvalue weighted by Gasteiger charge is -2.07. The van der Waals surface area contributed by atoms with Crippen LogP contribution in [0.5, 0.6) is 0 Å². The van der Waals surface area contributed by atoms with Crippen LogP contribution in [0, 0.1) is 11.3 Å². The molecule has 0 saturated carbocycles. The second kappa shape index (κ2) is 6.73. The van der Waals surface area contributed by atoms with Crippen molar-refractivity contribution in [1.82, 2.24) is 4.72 Å². The Bertz CT molecular complexity index is 552. The Kier molecular flexibility index (Phi) is 5.59. The Morgan fingerprint density at radius 2 is 2.11 bits per heavy atom. The molecule has 0 unspecified atom stereocenters. The summed E-state index contributed by atoms with van der Waals surface area (Å²) in [5.41, 5.74) is 1.47. The molecule has 0 aliphatic carbocycles. The van der Waals surface area contributed by atoms with Crippen molar-refractivity contribution in [2.75, 3.05) is 24.7 Å². The third kappa shape index (κ3) is 5.49. The van der Waals surface area contributed by atoms with Crippen molar-refractivity contribution in [3.8, 4) is 6.07 Å². The SMILES string of the molecule is CS(=O)(=O)NCCCNc1ccc(C#N)c(Br)c1. The van der Waals surface area contributed by atoms with Gasteiger partial charge in [0.15, 0.2) is 0 Å². The van der Waals surface area contributed by atoms with E-state index in [-0.39, 0.29) is 0 Å². The zero-order valence-electron chi connectivity index (χ0n) is 9.90. The first-order valence-electron chi connectivity index (χ1n) is 5.30. The summed E-state index contributed by atoms with van der Waals surface area (Å²) in [6.45, 7) is 1.06. The maximum Gasteiger partial charge on any atom is 0.208 e. The Morgan fingerprint density at radius 3 is 2.67 bits per heavy atom. The highest BCUT2D eigenvalue weighted by atomic mass is 79.9. The van der Waals surface area contributed by atoms with Crippen molar-refractivity contribution in [3.05, 3.63) is 28.2 Å². The van der Waals surface area contributed by atoms with Gasteiger partial charge in [0.05, 0.1) is 11.8 Å². The number of nitrogens with zero attached hydrogens (tertiary/aromatic N) is 1. The molecule has 5 nitrogen and oxygen atoms in total. The highest BCUT2D eigenvalue weighted by Gasteiger charge is 2.01. The third-order valence-electron chi connectivity index (χ3n) is 2.14. The molecule has 0 atom stereocenters.